The Morgan fingerprint density at radius 3 is 2.75 bits per heavy atom. The van der Waals surface area contributed by atoms with Gasteiger partial charge < -0.3 is 15.6 Å². The van der Waals surface area contributed by atoms with Gasteiger partial charge in [0.15, 0.2) is 0 Å². The van der Waals surface area contributed by atoms with Gasteiger partial charge in [-0.1, -0.05) is 18.2 Å². The van der Waals surface area contributed by atoms with E-state index >= 15 is 0 Å². The summed E-state index contributed by atoms with van der Waals surface area (Å²) < 4.78 is 5.42. The van der Waals surface area contributed by atoms with Crippen molar-refractivity contribution >= 4 is 10.9 Å². The number of aliphatic hydroxyl groups is 1. The average Bonchev–Trinajstić information content (AvgIpc) is 2.54. The van der Waals surface area contributed by atoms with Crippen LogP contribution in [0.2, 0.25) is 0 Å². The number of benzene rings is 1. The molecule has 1 fully saturated rings. The van der Waals surface area contributed by atoms with Gasteiger partial charge in [-0.3, -0.25) is 4.98 Å². The second-order valence-corrected chi connectivity index (χ2v) is 5.50. The first-order valence-corrected chi connectivity index (χ1v) is 7.06. The maximum atomic E-state index is 10.9. The van der Waals surface area contributed by atoms with Crippen molar-refractivity contribution in [1.82, 2.24) is 4.98 Å². The minimum Gasteiger partial charge on any atom is -0.388 e. The van der Waals surface area contributed by atoms with Crippen molar-refractivity contribution in [3.8, 4) is 0 Å². The lowest BCUT2D eigenvalue weighted by atomic mass is 9.72. The number of fused-ring (bicyclic) bond motifs is 1. The Morgan fingerprint density at radius 1 is 1.25 bits per heavy atom. The van der Waals surface area contributed by atoms with E-state index in [1.165, 1.54) is 0 Å². The number of hydrogen-bond acceptors (Lipinski definition) is 4. The van der Waals surface area contributed by atoms with E-state index in [1.54, 1.807) is 6.20 Å². The van der Waals surface area contributed by atoms with Crippen LogP contribution in [0.5, 0.6) is 0 Å². The molecule has 0 aliphatic carbocycles. The van der Waals surface area contributed by atoms with E-state index in [0.29, 0.717) is 19.8 Å². The summed E-state index contributed by atoms with van der Waals surface area (Å²) in [5.41, 5.74) is 7.53. The third kappa shape index (κ3) is 2.20. The lowest BCUT2D eigenvalue weighted by molar-refractivity contribution is -0.0576. The highest BCUT2D eigenvalue weighted by Gasteiger charge is 2.39. The molecule has 0 radical (unpaired) electrons. The van der Waals surface area contributed by atoms with E-state index in [2.05, 4.69) is 4.98 Å². The number of nitrogens with zero attached hydrogens (tertiary/aromatic N) is 1. The lowest BCUT2D eigenvalue weighted by Gasteiger charge is -2.40. The van der Waals surface area contributed by atoms with Gasteiger partial charge in [0.2, 0.25) is 0 Å². The van der Waals surface area contributed by atoms with Crippen LogP contribution in [0, 0.1) is 5.41 Å². The number of hydrogen-bond donors (Lipinski definition) is 2. The molecule has 2 heterocycles. The lowest BCUT2D eigenvalue weighted by Crippen LogP contribution is -2.41. The van der Waals surface area contributed by atoms with Crippen molar-refractivity contribution in [1.29, 1.82) is 0 Å². The maximum absolute atomic E-state index is 10.9. The van der Waals surface area contributed by atoms with Crippen LogP contribution in [0.25, 0.3) is 10.9 Å². The molecule has 1 unspecified atom stereocenters. The fourth-order valence-corrected chi connectivity index (χ4v) is 3.05. The first kappa shape index (κ1) is 13.5. The summed E-state index contributed by atoms with van der Waals surface area (Å²) in [6, 6.07) is 9.80. The Labute approximate surface area is 118 Å². The van der Waals surface area contributed by atoms with Gasteiger partial charge in [-0.2, -0.15) is 0 Å². The van der Waals surface area contributed by atoms with Crippen molar-refractivity contribution in [3.63, 3.8) is 0 Å². The summed E-state index contributed by atoms with van der Waals surface area (Å²) in [4.78, 5) is 4.35. The number of ether oxygens (including phenoxy) is 1. The van der Waals surface area contributed by atoms with E-state index in [-0.39, 0.29) is 5.41 Å². The molecule has 1 aliphatic rings. The molecule has 1 atom stereocenters. The average molecular weight is 272 g/mol. The number of rotatable bonds is 3. The molecule has 2 aromatic rings. The molecule has 1 aromatic carbocycles. The fourth-order valence-electron chi connectivity index (χ4n) is 3.05. The van der Waals surface area contributed by atoms with E-state index in [9.17, 15) is 5.11 Å². The number of nitrogens with two attached hydrogens (primary N) is 1. The second kappa shape index (κ2) is 5.48. The van der Waals surface area contributed by atoms with Crippen LogP contribution >= 0.6 is 0 Å². The normalized spacial score (nSPS) is 19.9. The number of aliphatic hydroxyl groups excluding tert-OH is 1. The molecular weight excluding hydrogens is 252 g/mol. The summed E-state index contributed by atoms with van der Waals surface area (Å²) >= 11 is 0. The third-order valence-electron chi connectivity index (χ3n) is 4.45. The summed E-state index contributed by atoms with van der Waals surface area (Å²) in [6.45, 7) is 1.79. The highest BCUT2D eigenvalue weighted by Crippen LogP contribution is 2.43. The van der Waals surface area contributed by atoms with Gasteiger partial charge in [0.05, 0.1) is 11.6 Å². The number of pyridine rings is 1. The highest BCUT2D eigenvalue weighted by atomic mass is 16.5. The molecular formula is C16H20N2O2. The van der Waals surface area contributed by atoms with Gasteiger partial charge in [-0.15, -0.1) is 0 Å². The molecule has 3 rings (SSSR count). The first-order chi connectivity index (χ1) is 9.77. The Hall–Kier alpha value is -1.49. The quantitative estimate of drug-likeness (QED) is 0.897. The van der Waals surface area contributed by atoms with E-state index in [1.807, 2.05) is 30.3 Å². The zero-order valence-electron chi connectivity index (χ0n) is 11.5. The minimum atomic E-state index is -0.579. The van der Waals surface area contributed by atoms with E-state index < -0.39 is 6.10 Å². The molecule has 3 N–H and O–H groups in total. The van der Waals surface area contributed by atoms with Crippen molar-refractivity contribution in [3.05, 3.63) is 42.1 Å². The largest absolute Gasteiger partial charge is 0.388 e. The highest BCUT2D eigenvalue weighted by molar-refractivity contribution is 5.82. The van der Waals surface area contributed by atoms with Gasteiger partial charge in [-0.25, -0.2) is 0 Å². The van der Waals surface area contributed by atoms with Gasteiger partial charge in [0.25, 0.3) is 0 Å². The molecule has 0 saturated carbocycles. The van der Waals surface area contributed by atoms with Crippen LogP contribution in [-0.2, 0) is 4.74 Å². The summed E-state index contributed by atoms with van der Waals surface area (Å²) in [6.07, 6.45) is 2.76. The predicted molar refractivity (Wildman–Crippen MR) is 78.2 cm³/mol. The minimum absolute atomic E-state index is 0.289. The molecule has 1 aliphatic heterocycles. The zero-order chi connectivity index (χ0) is 14.0. The Bertz CT molecular complexity index is 589. The molecule has 0 amide bonds. The number of aromatic nitrogens is 1. The summed E-state index contributed by atoms with van der Waals surface area (Å²) in [5.74, 6) is 0. The van der Waals surface area contributed by atoms with Crippen LogP contribution in [0.3, 0.4) is 0 Å². The Balaban J connectivity index is 2.05. The maximum Gasteiger partial charge on any atom is 0.0867 e. The summed E-state index contributed by atoms with van der Waals surface area (Å²) in [7, 11) is 0. The van der Waals surface area contributed by atoms with Crippen LogP contribution in [0.15, 0.2) is 36.5 Å². The van der Waals surface area contributed by atoms with Gasteiger partial charge in [0.1, 0.15) is 0 Å². The predicted octanol–water partition coefficient (Wildman–Crippen LogP) is 2.02. The molecule has 4 nitrogen and oxygen atoms in total. The SMILES string of the molecule is NCC1(C(O)c2ccnc3ccccc23)CCOCC1. The molecule has 1 aromatic heterocycles. The topological polar surface area (TPSA) is 68.4 Å². The Kier molecular flexibility index (Phi) is 3.70. The van der Waals surface area contributed by atoms with Crippen molar-refractivity contribution in [2.75, 3.05) is 19.8 Å². The van der Waals surface area contributed by atoms with E-state index in [4.69, 9.17) is 10.5 Å². The second-order valence-electron chi connectivity index (χ2n) is 5.50. The van der Waals surface area contributed by atoms with Gasteiger partial charge in [0, 0.05) is 36.8 Å². The Morgan fingerprint density at radius 2 is 2.00 bits per heavy atom. The molecule has 106 valence electrons. The zero-order valence-corrected chi connectivity index (χ0v) is 11.5. The fraction of sp³-hybridized carbons (Fsp3) is 0.438. The molecule has 0 spiro atoms. The van der Waals surface area contributed by atoms with Gasteiger partial charge >= 0.3 is 0 Å². The third-order valence-corrected chi connectivity index (χ3v) is 4.45. The van der Waals surface area contributed by atoms with Crippen molar-refractivity contribution in [2.24, 2.45) is 11.1 Å². The first-order valence-electron chi connectivity index (χ1n) is 7.06. The molecule has 20 heavy (non-hydrogen) atoms. The number of para-hydroxylation sites is 1. The summed E-state index contributed by atoms with van der Waals surface area (Å²) in [5, 5.41) is 11.9. The standard InChI is InChI=1S/C16H20N2O2/c17-11-16(6-9-20-10-7-16)15(19)13-5-8-18-14-4-2-1-3-12(13)14/h1-5,8,15,19H,6-7,9-11,17H2. The van der Waals surface area contributed by atoms with Crippen LogP contribution < -0.4 is 5.73 Å². The monoisotopic (exact) mass is 272 g/mol. The van der Waals surface area contributed by atoms with Gasteiger partial charge in [-0.05, 0) is 30.5 Å². The molecule has 0 bridgehead atoms. The smallest absolute Gasteiger partial charge is 0.0867 e. The molecule has 4 heteroatoms. The van der Waals surface area contributed by atoms with Crippen LogP contribution in [-0.4, -0.2) is 29.8 Å². The van der Waals surface area contributed by atoms with Crippen LogP contribution in [0.4, 0.5) is 0 Å². The van der Waals surface area contributed by atoms with Crippen molar-refractivity contribution in [2.45, 2.75) is 18.9 Å². The van der Waals surface area contributed by atoms with Crippen LogP contribution in [0.1, 0.15) is 24.5 Å². The van der Waals surface area contributed by atoms with Crippen molar-refractivity contribution < 1.29 is 9.84 Å². The van der Waals surface area contributed by atoms with E-state index in [0.717, 1.165) is 29.3 Å². The molecule has 1 saturated heterocycles.